The van der Waals surface area contributed by atoms with Crippen molar-refractivity contribution < 1.29 is 27.2 Å². The van der Waals surface area contributed by atoms with Crippen molar-refractivity contribution in [1.82, 2.24) is 5.16 Å². The first-order valence-corrected chi connectivity index (χ1v) is 5.73. The number of carbonyl (C=O) groups excluding carboxylic acids is 1. The summed E-state index contributed by atoms with van der Waals surface area (Å²) in [6, 6.07) is 5.84. The van der Waals surface area contributed by atoms with Gasteiger partial charge in [0.1, 0.15) is 5.69 Å². The van der Waals surface area contributed by atoms with Gasteiger partial charge in [-0.25, -0.2) is 4.79 Å². The maximum atomic E-state index is 12.6. The van der Waals surface area contributed by atoms with Crippen LogP contribution in [0.3, 0.4) is 0 Å². The lowest BCUT2D eigenvalue weighted by Gasteiger charge is -2.06. The summed E-state index contributed by atoms with van der Waals surface area (Å²) in [4.78, 5) is 11.4. The molecule has 2 aromatic rings. The van der Waals surface area contributed by atoms with Gasteiger partial charge in [-0.2, -0.15) is 13.2 Å². The molecule has 1 heterocycles. The predicted molar refractivity (Wildman–Crippen MR) is 62.9 cm³/mol. The Bertz CT molecular complexity index is 619. The maximum Gasteiger partial charge on any atom is 0.416 e. The van der Waals surface area contributed by atoms with Gasteiger partial charge in [0.25, 0.3) is 0 Å². The number of aromatic nitrogens is 1. The summed E-state index contributed by atoms with van der Waals surface area (Å²) < 4.78 is 47.3. The Morgan fingerprint density at radius 3 is 2.75 bits per heavy atom. The lowest BCUT2D eigenvalue weighted by atomic mass is 10.1. The summed E-state index contributed by atoms with van der Waals surface area (Å²) in [6.45, 7) is 1.79. The van der Waals surface area contributed by atoms with Crippen molar-refractivity contribution in [2.45, 2.75) is 13.1 Å². The van der Waals surface area contributed by atoms with Gasteiger partial charge in [-0.05, 0) is 19.1 Å². The van der Waals surface area contributed by atoms with E-state index in [9.17, 15) is 18.0 Å². The molecule has 7 heteroatoms. The third-order valence-corrected chi connectivity index (χ3v) is 2.47. The average Bonchev–Trinajstić information content (AvgIpc) is 2.88. The third-order valence-electron chi connectivity index (χ3n) is 2.47. The van der Waals surface area contributed by atoms with Crippen molar-refractivity contribution in [1.29, 1.82) is 0 Å². The standard InChI is InChI=1S/C13H10F3NO3/c1-2-19-12(18)11-7-10(17-20-11)8-4-3-5-9(6-8)13(14,15)16/h3-7H,2H2,1H3. The molecule has 0 atom stereocenters. The van der Waals surface area contributed by atoms with Crippen LogP contribution in [-0.2, 0) is 10.9 Å². The highest BCUT2D eigenvalue weighted by Crippen LogP contribution is 2.32. The van der Waals surface area contributed by atoms with Crippen LogP contribution in [0.5, 0.6) is 0 Å². The molecule has 0 spiro atoms. The molecule has 20 heavy (non-hydrogen) atoms. The highest BCUT2D eigenvalue weighted by Gasteiger charge is 2.30. The zero-order chi connectivity index (χ0) is 14.8. The van der Waals surface area contributed by atoms with E-state index in [4.69, 9.17) is 9.26 Å². The lowest BCUT2D eigenvalue weighted by Crippen LogP contribution is -2.04. The fraction of sp³-hybridized carbons (Fsp3) is 0.231. The van der Waals surface area contributed by atoms with Crippen LogP contribution in [0.4, 0.5) is 13.2 Å². The van der Waals surface area contributed by atoms with Gasteiger partial charge in [0.15, 0.2) is 0 Å². The molecule has 1 aromatic heterocycles. The Hall–Kier alpha value is -2.31. The van der Waals surface area contributed by atoms with Crippen LogP contribution in [0.1, 0.15) is 23.0 Å². The molecular formula is C13H10F3NO3. The summed E-state index contributed by atoms with van der Waals surface area (Å²) in [6.07, 6.45) is -4.44. The van der Waals surface area contributed by atoms with Crippen molar-refractivity contribution in [3.8, 4) is 11.3 Å². The van der Waals surface area contributed by atoms with Gasteiger partial charge in [0, 0.05) is 11.6 Å². The molecule has 0 unspecified atom stereocenters. The van der Waals surface area contributed by atoms with Crippen LogP contribution >= 0.6 is 0 Å². The quantitative estimate of drug-likeness (QED) is 0.809. The number of ether oxygens (including phenoxy) is 1. The summed E-state index contributed by atoms with van der Waals surface area (Å²) >= 11 is 0. The molecule has 0 N–H and O–H groups in total. The van der Waals surface area contributed by atoms with Crippen molar-refractivity contribution in [2.75, 3.05) is 6.61 Å². The Balaban J connectivity index is 2.31. The summed E-state index contributed by atoms with van der Waals surface area (Å²) in [5.74, 6) is -0.863. The molecule has 0 fully saturated rings. The zero-order valence-electron chi connectivity index (χ0n) is 10.4. The monoisotopic (exact) mass is 285 g/mol. The van der Waals surface area contributed by atoms with Gasteiger partial charge in [0.2, 0.25) is 5.76 Å². The molecule has 0 radical (unpaired) electrons. The van der Waals surface area contributed by atoms with Crippen LogP contribution in [0.25, 0.3) is 11.3 Å². The number of halogens is 3. The maximum absolute atomic E-state index is 12.6. The summed E-state index contributed by atoms with van der Waals surface area (Å²) in [5, 5.41) is 3.57. The van der Waals surface area contributed by atoms with Gasteiger partial charge >= 0.3 is 12.1 Å². The van der Waals surface area contributed by atoms with E-state index < -0.39 is 17.7 Å². The molecular weight excluding hydrogens is 275 g/mol. The number of esters is 1. The van der Waals surface area contributed by atoms with Crippen molar-refractivity contribution in [3.05, 3.63) is 41.7 Å². The number of carbonyl (C=O) groups is 1. The van der Waals surface area contributed by atoms with Gasteiger partial charge in [-0.1, -0.05) is 17.3 Å². The van der Waals surface area contributed by atoms with Crippen LogP contribution in [0.2, 0.25) is 0 Å². The van der Waals surface area contributed by atoms with E-state index in [0.29, 0.717) is 0 Å². The third kappa shape index (κ3) is 2.98. The molecule has 0 aliphatic heterocycles. The zero-order valence-corrected chi connectivity index (χ0v) is 10.4. The van der Waals surface area contributed by atoms with Crippen LogP contribution in [0.15, 0.2) is 34.9 Å². The SMILES string of the molecule is CCOC(=O)c1cc(-c2cccc(C(F)(F)F)c2)no1. The first-order chi connectivity index (χ1) is 9.41. The average molecular weight is 285 g/mol. The second kappa shape index (κ2) is 5.36. The minimum absolute atomic E-state index is 0.138. The largest absolute Gasteiger partial charge is 0.460 e. The molecule has 2 rings (SSSR count). The first kappa shape index (κ1) is 14.1. The number of alkyl halides is 3. The first-order valence-electron chi connectivity index (χ1n) is 5.73. The minimum Gasteiger partial charge on any atom is -0.460 e. The van der Waals surface area contributed by atoms with E-state index in [2.05, 4.69) is 5.16 Å². The number of benzene rings is 1. The normalized spacial score (nSPS) is 11.4. The van der Waals surface area contributed by atoms with E-state index in [1.165, 1.54) is 18.2 Å². The van der Waals surface area contributed by atoms with E-state index in [1.54, 1.807) is 6.92 Å². The molecule has 4 nitrogen and oxygen atoms in total. The smallest absolute Gasteiger partial charge is 0.416 e. The molecule has 1 aromatic carbocycles. The highest BCUT2D eigenvalue weighted by molar-refractivity contribution is 5.87. The van der Waals surface area contributed by atoms with Crippen molar-refractivity contribution >= 4 is 5.97 Å². The van der Waals surface area contributed by atoms with Gasteiger partial charge in [0.05, 0.1) is 12.2 Å². The Morgan fingerprint density at radius 2 is 2.10 bits per heavy atom. The predicted octanol–water partition coefficient (Wildman–Crippen LogP) is 3.54. The fourth-order valence-corrected chi connectivity index (χ4v) is 1.56. The Labute approximate surface area is 112 Å². The van der Waals surface area contributed by atoms with Gasteiger partial charge in [-0.3, -0.25) is 0 Å². The fourth-order valence-electron chi connectivity index (χ4n) is 1.56. The summed E-state index contributed by atoms with van der Waals surface area (Å²) in [5.41, 5.74) is -0.450. The van der Waals surface area contributed by atoms with Crippen LogP contribution in [-0.4, -0.2) is 17.7 Å². The van der Waals surface area contributed by atoms with E-state index in [0.717, 1.165) is 12.1 Å². The van der Waals surface area contributed by atoms with Crippen LogP contribution in [0, 0.1) is 0 Å². The number of nitrogens with zero attached hydrogens (tertiary/aromatic N) is 1. The minimum atomic E-state index is -4.44. The highest BCUT2D eigenvalue weighted by atomic mass is 19.4. The molecule has 0 amide bonds. The lowest BCUT2D eigenvalue weighted by molar-refractivity contribution is -0.137. The molecule has 0 saturated heterocycles. The molecule has 0 bridgehead atoms. The molecule has 106 valence electrons. The Morgan fingerprint density at radius 1 is 1.35 bits per heavy atom. The van der Waals surface area contributed by atoms with Gasteiger partial charge < -0.3 is 9.26 Å². The Kier molecular flexibility index (Phi) is 3.78. The molecule has 0 aliphatic rings. The van der Waals surface area contributed by atoms with Crippen molar-refractivity contribution in [3.63, 3.8) is 0 Å². The van der Waals surface area contributed by atoms with Crippen molar-refractivity contribution in [2.24, 2.45) is 0 Å². The second-order valence-corrected chi connectivity index (χ2v) is 3.88. The number of hydrogen-bond acceptors (Lipinski definition) is 4. The number of rotatable bonds is 3. The second-order valence-electron chi connectivity index (χ2n) is 3.88. The molecule has 0 aliphatic carbocycles. The van der Waals surface area contributed by atoms with E-state index >= 15 is 0 Å². The van der Waals surface area contributed by atoms with E-state index in [1.807, 2.05) is 0 Å². The van der Waals surface area contributed by atoms with E-state index in [-0.39, 0.29) is 23.6 Å². The molecule has 0 saturated carbocycles. The topological polar surface area (TPSA) is 52.3 Å². The number of hydrogen-bond donors (Lipinski definition) is 0. The summed E-state index contributed by atoms with van der Waals surface area (Å²) in [7, 11) is 0. The van der Waals surface area contributed by atoms with Crippen LogP contribution < -0.4 is 0 Å². The van der Waals surface area contributed by atoms with Gasteiger partial charge in [-0.15, -0.1) is 0 Å².